The number of benzene rings is 2. The number of carboxylic acid groups (broad SMARTS) is 1. The lowest BCUT2D eigenvalue weighted by Gasteiger charge is -2.15. The topological polar surface area (TPSA) is 63.6 Å². The summed E-state index contributed by atoms with van der Waals surface area (Å²) in [7, 11) is 0. The maximum absolute atomic E-state index is 13.6. The van der Waals surface area contributed by atoms with E-state index in [0.717, 1.165) is 0 Å². The summed E-state index contributed by atoms with van der Waals surface area (Å²) in [5.74, 6) is -2.51. The molecule has 0 fully saturated rings. The maximum atomic E-state index is 13.6. The Labute approximate surface area is 120 Å². The van der Waals surface area contributed by atoms with Crippen molar-refractivity contribution in [3.8, 4) is 0 Å². The van der Waals surface area contributed by atoms with Gasteiger partial charge in [0.1, 0.15) is 11.9 Å². The first-order chi connectivity index (χ1) is 10.0. The molecule has 0 aliphatic heterocycles. The van der Waals surface area contributed by atoms with Gasteiger partial charge in [-0.15, -0.1) is 0 Å². The minimum absolute atomic E-state index is 0.0619. The summed E-state index contributed by atoms with van der Waals surface area (Å²) >= 11 is 0. The van der Waals surface area contributed by atoms with Gasteiger partial charge < -0.3 is 9.84 Å². The van der Waals surface area contributed by atoms with E-state index < -0.39 is 23.9 Å². The molecule has 0 radical (unpaired) electrons. The molecule has 0 aliphatic carbocycles. The van der Waals surface area contributed by atoms with Crippen LogP contribution in [0.4, 0.5) is 4.39 Å². The number of rotatable bonds is 4. The van der Waals surface area contributed by atoms with Crippen molar-refractivity contribution in [2.45, 2.75) is 13.0 Å². The van der Waals surface area contributed by atoms with Crippen LogP contribution in [-0.2, 0) is 4.74 Å². The van der Waals surface area contributed by atoms with E-state index in [1.165, 1.54) is 49.4 Å². The molecule has 2 aromatic rings. The van der Waals surface area contributed by atoms with E-state index in [4.69, 9.17) is 9.84 Å². The average Bonchev–Trinajstić information content (AvgIpc) is 2.47. The third-order valence-corrected chi connectivity index (χ3v) is 3.00. The molecule has 2 rings (SSSR count). The van der Waals surface area contributed by atoms with E-state index in [1.807, 2.05) is 0 Å². The third-order valence-electron chi connectivity index (χ3n) is 3.00. The van der Waals surface area contributed by atoms with Crippen molar-refractivity contribution in [2.24, 2.45) is 0 Å². The molecular formula is C16H13FO4. The lowest BCUT2D eigenvalue weighted by atomic mass is 10.1. The Morgan fingerprint density at radius 2 is 1.62 bits per heavy atom. The SMILES string of the molecule is CC(OC(=O)c1ccccc1C(=O)O)c1ccccc1F. The number of esters is 1. The number of carbonyl (C=O) groups excluding carboxylic acids is 1. The van der Waals surface area contributed by atoms with Crippen molar-refractivity contribution in [3.05, 3.63) is 71.0 Å². The van der Waals surface area contributed by atoms with Crippen molar-refractivity contribution in [3.63, 3.8) is 0 Å². The molecule has 0 saturated heterocycles. The highest BCUT2D eigenvalue weighted by Crippen LogP contribution is 2.22. The summed E-state index contributed by atoms with van der Waals surface area (Å²) in [6.45, 7) is 1.53. The summed E-state index contributed by atoms with van der Waals surface area (Å²) in [4.78, 5) is 23.1. The zero-order valence-corrected chi connectivity index (χ0v) is 11.2. The molecule has 0 heterocycles. The highest BCUT2D eigenvalue weighted by molar-refractivity contribution is 6.02. The second-order valence-corrected chi connectivity index (χ2v) is 4.42. The fourth-order valence-corrected chi connectivity index (χ4v) is 1.94. The van der Waals surface area contributed by atoms with Crippen molar-refractivity contribution in [2.75, 3.05) is 0 Å². The van der Waals surface area contributed by atoms with E-state index >= 15 is 0 Å². The van der Waals surface area contributed by atoms with E-state index in [-0.39, 0.29) is 16.7 Å². The largest absolute Gasteiger partial charge is 0.478 e. The zero-order chi connectivity index (χ0) is 15.4. The Balaban J connectivity index is 2.23. The van der Waals surface area contributed by atoms with Crippen molar-refractivity contribution in [1.29, 1.82) is 0 Å². The molecule has 0 bridgehead atoms. The number of carbonyl (C=O) groups is 2. The van der Waals surface area contributed by atoms with E-state index in [0.29, 0.717) is 0 Å². The van der Waals surface area contributed by atoms with Gasteiger partial charge in [-0.2, -0.15) is 0 Å². The quantitative estimate of drug-likeness (QED) is 0.875. The molecule has 0 aliphatic rings. The van der Waals surface area contributed by atoms with Crippen molar-refractivity contribution in [1.82, 2.24) is 0 Å². The molecule has 0 saturated carbocycles. The maximum Gasteiger partial charge on any atom is 0.339 e. The first kappa shape index (κ1) is 14.7. The van der Waals surface area contributed by atoms with Crippen LogP contribution in [0, 0.1) is 5.82 Å². The number of carboxylic acids is 1. The molecule has 1 unspecified atom stereocenters. The summed E-state index contributed by atoms with van der Waals surface area (Å²) < 4.78 is 18.8. The molecular weight excluding hydrogens is 275 g/mol. The fourth-order valence-electron chi connectivity index (χ4n) is 1.94. The van der Waals surface area contributed by atoms with Gasteiger partial charge in [0.15, 0.2) is 0 Å². The lowest BCUT2D eigenvalue weighted by Crippen LogP contribution is -2.14. The van der Waals surface area contributed by atoms with Gasteiger partial charge >= 0.3 is 11.9 Å². The Morgan fingerprint density at radius 1 is 1.05 bits per heavy atom. The standard InChI is InChI=1S/C16H13FO4/c1-10(11-6-4-5-9-14(11)17)21-16(20)13-8-3-2-7-12(13)15(18)19/h2-10H,1H3,(H,18,19). The minimum atomic E-state index is -1.22. The van der Waals surface area contributed by atoms with Crippen LogP contribution in [0.3, 0.4) is 0 Å². The fraction of sp³-hybridized carbons (Fsp3) is 0.125. The molecule has 108 valence electrons. The van der Waals surface area contributed by atoms with Gasteiger partial charge in [-0.25, -0.2) is 14.0 Å². The minimum Gasteiger partial charge on any atom is -0.478 e. The van der Waals surface area contributed by atoms with Crippen LogP contribution in [0.5, 0.6) is 0 Å². The number of hydrogen-bond donors (Lipinski definition) is 1. The van der Waals surface area contributed by atoms with Crippen LogP contribution >= 0.6 is 0 Å². The van der Waals surface area contributed by atoms with Gasteiger partial charge in [0.25, 0.3) is 0 Å². The highest BCUT2D eigenvalue weighted by Gasteiger charge is 2.21. The molecule has 5 heteroatoms. The van der Waals surface area contributed by atoms with Crippen molar-refractivity contribution >= 4 is 11.9 Å². The normalized spacial score (nSPS) is 11.7. The van der Waals surface area contributed by atoms with Gasteiger partial charge in [-0.1, -0.05) is 30.3 Å². The Hall–Kier alpha value is -2.69. The number of halogens is 1. The van der Waals surface area contributed by atoms with Crippen LogP contribution in [0.15, 0.2) is 48.5 Å². The highest BCUT2D eigenvalue weighted by atomic mass is 19.1. The molecule has 2 aromatic carbocycles. The number of ether oxygens (including phenoxy) is 1. The monoisotopic (exact) mass is 288 g/mol. The van der Waals surface area contributed by atoms with E-state index in [9.17, 15) is 14.0 Å². The molecule has 1 atom stereocenters. The van der Waals surface area contributed by atoms with Crippen LogP contribution in [-0.4, -0.2) is 17.0 Å². The second-order valence-electron chi connectivity index (χ2n) is 4.42. The predicted molar refractivity (Wildman–Crippen MR) is 73.6 cm³/mol. The van der Waals surface area contributed by atoms with Gasteiger partial charge in [0, 0.05) is 5.56 Å². The summed E-state index contributed by atoms with van der Waals surface area (Å²) in [5, 5.41) is 9.04. The molecule has 0 amide bonds. The first-order valence-electron chi connectivity index (χ1n) is 6.28. The average molecular weight is 288 g/mol. The van der Waals surface area contributed by atoms with Gasteiger partial charge in [0.05, 0.1) is 11.1 Å². The molecule has 4 nitrogen and oxygen atoms in total. The van der Waals surface area contributed by atoms with Crippen LogP contribution in [0.1, 0.15) is 39.3 Å². The second kappa shape index (κ2) is 6.17. The Morgan fingerprint density at radius 3 is 2.24 bits per heavy atom. The third kappa shape index (κ3) is 3.25. The molecule has 0 spiro atoms. The van der Waals surface area contributed by atoms with Crippen LogP contribution in [0.25, 0.3) is 0 Å². The molecule has 1 N–H and O–H groups in total. The lowest BCUT2D eigenvalue weighted by molar-refractivity contribution is 0.0325. The smallest absolute Gasteiger partial charge is 0.339 e. The van der Waals surface area contributed by atoms with E-state index in [2.05, 4.69) is 0 Å². The Bertz CT molecular complexity index is 681. The molecule has 0 aromatic heterocycles. The van der Waals surface area contributed by atoms with E-state index in [1.54, 1.807) is 6.07 Å². The van der Waals surface area contributed by atoms with Crippen molar-refractivity contribution < 1.29 is 23.8 Å². The van der Waals surface area contributed by atoms with Gasteiger partial charge in [-0.05, 0) is 25.1 Å². The van der Waals surface area contributed by atoms with Crippen LogP contribution < -0.4 is 0 Å². The number of hydrogen-bond acceptors (Lipinski definition) is 3. The summed E-state index contributed by atoms with van der Waals surface area (Å²) in [6, 6.07) is 11.7. The Kier molecular flexibility index (Phi) is 4.33. The first-order valence-corrected chi connectivity index (χ1v) is 6.28. The summed E-state index contributed by atoms with van der Waals surface area (Å²) in [5.41, 5.74) is 0.0232. The predicted octanol–water partition coefficient (Wildman–Crippen LogP) is 3.44. The van der Waals surface area contributed by atoms with Crippen LogP contribution in [0.2, 0.25) is 0 Å². The van der Waals surface area contributed by atoms with Gasteiger partial charge in [0.2, 0.25) is 0 Å². The number of aromatic carboxylic acids is 1. The summed E-state index contributed by atoms with van der Waals surface area (Å²) in [6.07, 6.45) is -0.819. The zero-order valence-electron chi connectivity index (χ0n) is 11.2. The molecule has 21 heavy (non-hydrogen) atoms. The van der Waals surface area contributed by atoms with Gasteiger partial charge in [-0.3, -0.25) is 0 Å².